The first-order chi connectivity index (χ1) is 9.97. The van der Waals surface area contributed by atoms with Crippen LogP contribution in [-0.4, -0.2) is 45.4 Å². The summed E-state index contributed by atoms with van der Waals surface area (Å²) >= 11 is 0. The van der Waals surface area contributed by atoms with Crippen molar-refractivity contribution in [1.29, 1.82) is 0 Å². The summed E-state index contributed by atoms with van der Waals surface area (Å²) in [5.41, 5.74) is 3.29. The number of hydrogen-bond acceptors (Lipinski definition) is 3. The average molecular weight is 286 g/mol. The molecule has 0 spiro atoms. The van der Waals surface area contributed by atoms with Crippen LogP contribution in [0.25, 0.3) is 6.08 Å². The van der Waals surface area contributed by atoms with Crippen LogP contribution in [0, 0.1) is 5.92 Å². The Bertz CT molecular complexity index is 515. The Morgan fingerprint density at radius 3 is 2.38 bits per heavy atom. The fraction of sp³-hybridized carbons (Fsp3) is 0.500. The highest BCUT2D eigenvalue weighted by molar-refractivity contribution is 6.01. The van der Waals surface area contributed by atoms with Gasteiger partial charge in [0, 0.05) is 32.2 Å². The van der Waals surface area contributed by atoms with Crippen molar-refractivity contribution in [3.8, 4) is 0 Å². The highest BCUT2D eigenvalue weighted by Gasteiger charge is 2.26. The van der Waals surface area contributed by atoms with E-state index in [9.17, 15) is 4.79 Å². The van der Waals surface area contributed by atoms with Crippen LogP contribution in [0.1, 0.15) is 24.8 Å². The maximum atomic E-state index is 12.5. The molecule has 0 radical (unpaired) electrons. The van der Waals surface area contributed by atoms with Gasteiger partial charge in [0.05, 0.1) is 0 Å². The van der Waals surface area contributed by atoms with E-state index in [1.54, 1.807) is 0 Å². The Balaban J connectivity index is 2.13. The summed E-state index contributed by atoms with van der Waals surface area (Å²) in [4.78, 5) is 16.7. The van der Waals surface area contributed by atoms with Crippen LogP contribution in [0.3, 0.4) is 0 Å². The molecule has 1 fully saturated rings. The molecule has 1 atom stereocenters. The third-order valence-corrected chi connectivity index (χ3v) is 4.02. The highest BCUT2D eigenvalue weighted by Crippen LogP contribution is 2.27. The number of carbonyl (C=O) groups is 1. The van der Waals surface area contributed by atoms with Crippen LogP contribution in [0.15, 0.2) is 29.8 Å². The van der Waals surface area contributed by atoms with Crippen molar-refractivity contribution in [3.63, 3.8) is 0 Å². The molecule has 0 amide bonds. The molecule has 1 saturated carbocycles. The third kappa shape index (κ3) is 4.18. The average Bonchev–Trinajstić information content (AvgIpc) is 2.43. The molecule has 0 heterocycles. The lowest BCUT2D eigenvalue weighted by atomic mass is 9.83. The smallest absolute Gasteiger partial charge is 0.163 e. The third-order valence-electron chi connectivity index (χ3n) is 4.02. The normalized spacial score (nSPS) is 21.1. The van der Waals surface area contributed by atoms with E-state index in [-0.39, 0.29) is 5.92 Å². The minimum absolute atomic E-state index is 0.168. The predicted molar refractivity (Wildman–Crippen MR) is 89.6 cm³/mol. The van der Waals surface area contributed by atoms with Gasteiger partial charge in [0.15, 0.2) is 5.78 Å². The molecule has 1 aliphatic carbocycles. The van der Waals surface area contributed by atoms with Crippen molar-refractivity contribution in [3.05, 3.63) is 35.4 Å². The van der Waals surface area contributed by atoms with Crippen LogP contribution in [0.4, 0.5) is 5.69 Å². The van der Waals surface area contributed by atoms with Crippen molar-refractivity contribution in [1.82, 2.24) is 4.90 Å². The quantitative estimate of drug-likeness (QED) is 0.795. The van der Waals surface area contributed by atoms with Gasteiger partial charge in [-0.2, -0.15) is 0 Å². The standard InChI is InChI=1S/C18H26N2O/c1-19(2)13-16-7-5-6-15(18(16)21)12-14-8-10-17(11-9-14)20(3)4/h8-12,16H,5-7,13H2,1-4H3/b15-12+. The van der Waals surface area contributed by atoms with Gasteiger partial charge in [0.25, 0.3) is 0 Å². The van der Waals surface area contributed by atoms with Crippen molar-refractivity contribution in [2.75, 3.05) is 39.6 Å². The Morgan fingerprint density at radius 2 is 1.81 bits per heavy atom. The van der Waals surface area contributed by atoms with E-state index in [1.165, 1.54) is 5.69 Å². The summed E-state index contributed by atoms with van der Waals surface area (Å²) in [7, 11) is 8.13. The summed E-state index contributed by atoms with van der Waals surface area (Å²) in [6.07, 6.45) is 5.13. The Morgan fingerprint density at radius 1 is 1.14 bits per heavy atom. The van der Waals surface area contributed by atoms with E-state index in [0.717, 1.165) is 36.9 Å². The number of Topliss-reactive ketones (excluding diaryl/α,β-unsaturated/α-hetero) is 1. The summed E-state index contributed by atoms with van der Waals surface area (Å²) in [5, 5.41) is 0. The molecule has 1 aliphatic rings. The lowest BCUT2D eigenvalue weighted by molar-refractivity contribution is -0.120. The first-order valence-corrected chi connectivity index (χ1v) is 7.64. The topological polar surface area (TPSA) is 23.6 Å². The van der Waals surface area contributed by atoms with E-state index in [2.05, 4.69) is 40.1 Å². The second-order valence-electron chi connectivity index (χ2n) is 6.37. The van der Waals surface area contributed by atoms with Crippen LogP contribution in [-0.2, 0) is 4.79 Å². The maximum Gasteiger partial charge on any atom is 0.163 e. The second kappa shape index (κ2) is 6.90. The fourth-order valence-electron chi connectivity index (χ4n) is 2.88. The Labute approximate surface area is 128 Å². The zero-order valence-corrected chi connectivity index (χ0v) is 13.6. The monoisotopic (exact) mass is 286 g/mol. The zero-order valence-electron chi connectivity index (χ0n) is 13.6. The van der Waals surface area contributed by atoms with Gasteiger partial charge in [-0.15, -0.1) is 0 Å². The van der Waals surface area contributed by atoms with E-state index in [1.807, 2.05) is 28.2 Å². The van der Waals surface area contributed by atoms with E-state index >= 15 is 0 Å². The summed E-state index contributed by atoms with van der Waals surface area (Å²) in [6.45, 7) is 0.857. The number of benzene rings is 1. The highest BCUT2D eigenvalue weighted by atomic mass is 16.1. The number of ketones is 1. The molecule has 114 valence electrons. The number of anilines is 1. The van der Waals surface area contributed by atoms with Crippen molar-refractivity contribution < 1.29 is 4.79 Å². The summed E-state index contributed by atoms with van der Waals surface area (Å²) < 4.78 is 0. The van der Waals surface area contributed by atoms with Gasteiger partial charge in [-0.25, -0.2) is 0 Å². The van der Waals surface area contributed by atoms with Crippen LogP contribution >= 0.6 is 0 Å². The molecule has 0 saturated heterocycles. The Kier molecular flexibility index (Phi) is 5.18. The van der Waals surface area contributed by atoms with E-state index in [4.69, 9.17) is 0 Å². The molecule has 3 nitrogen and oxygen atoms in total. The lowest BCUT2D eigenvalue weighted by Gasteiger charge is -2.25. The van der Waals surface area contributed by atoms with Crippen molar-refractivity contribution >= 4 is 17.5 Å². The predicted octanol–water partition coefficient (Wildman–Crippen LogP) is 3.07. The number of nitrogens with zero attached hydrogens (tertiary/aromatic N) is 2. The van der Waals surface area contributed by atoms with Gasteiger partial charge >= 0.3 is 0 Å². The number of rotatable bonds is 4. The van der Waals surface area contributed by atoms with Gasteiger partial charge in [-0.05, 0) is 62.7 Å². The van der Waals surface area contributed by atoms with Crippen LogP contribution in [0.5, 0.6) is 0 Å². The van der Waals surface area contributed by atoms with Gasteiger partial charge in [0.2, 0.25) is 0 Å². The molecule has 1 aromatic rings. The minimum Gasteiger partial charge on any atom is -0.378 e. The summed E-state index contributed by atoms with van der Waals surface area (Å²) in [6, 6.07) is 8.37. The zero-order chi connectivity index (χ0) is 15.4. The first-order valence-electron chi connectivity index (χ1n) is 7.64. The van der Waals surface area contributed by atoms with Gasteiger partial charge < -0.3 is 9.80 Å². The van der Waals surface area contributed by atoms with Crippen LogP contribution < -0.4 is 4.90 Å². The minimum atomic E-state index is 0.168. The van der Waals surface area contributed by atoms with Crippen molar-refractivity contribution in [2.24, 2.45) is 5.92 Å². The van der Waals surface area contributed by atoms with E-state index in [0.29, 0.717) is 5.78 Å². The lowest BCUT2D eigenvalue weighted by Crippen LogP contribution is -2.31. The van der Waals surface area contributed by atoms with E-state index < -0.39 is 0 Å². The van der Waals surface area contributed by atoms with Gasteiger partial charge in [0.1, 0.15) is 0 Å². The molecule has 0 aromatic heterocycles. The molecule has 2 rings (SSSR count). The molecular weight excluding hydrogens is 260 g/mol. The molecule has 0 aliphatic heterocycles. The maximum absolute atomic E-state index is 12.5. The number of carbonyl (C=O) groups excluding carboxylic acids is 1. The SMILES string of the molecule is CN(C)CC1CCC/C(=C\c2ccc(N(C)C)cc2)C1=O. The molecule has 1 unspecified atom stereocenters. The van der Waals surface area contributed by atoms with Gasteiger partial charge in [-0.3, -0.25) is 4.79 Å². The number of allylic oxidation sites excluding steroid dienone is 1. The largest absolute Gasteiger partial charge is 0.378 e. The first kappa shape index (κ1) is 15.8. The fourth-order valence-corrected chi connectivity index (χ4v) is 2.88. The molecule has 0 bridgehead atoms. The second-order valence-corrected chi connectivity index (χ2v) is 6.37. The number of hydrogen-bond donors (Lipinski definition) is 0. The molecule has 1 aromatic carbocycles. The van der Waals surface area contributed by atoms with Crippen molar-refractivity contribution in [2.45, 2.75) is 19.3 Å². The molecule has 3 heteroatoms. The Hall–Kier alpha value is -1.61. The molecule has 0 N–H and O–H groups in total. The summed E-state index contributed by atoms with van der Waals surface area (Å²) in [5.74, 6) is 0.507. The molecule has 21 heavy (non-hydrogen) atoms. The van der Waals surface area contributed by atoms with Crippen LogP contribution in [0.2, 0.25) is 0 Å². The molecular formula is C18H26N2O. The van der Waals surface area contributed by atoms with Gasteiger partial charge in [-0.1, -0.05) is 12.1 Å².